The quantitative estimate of drug-likeness (QED) is 0.347. The third-order valence-electron chi connectivity index (χ3n) is 1.93. The van der Waals surface area contributed by atoms with Gasteiger partial charge in [-0.3, -0.25) is 10.1 Å². The second-order valence-electron chi connectivity index (χ2n) is 3.04. The molecule has 6 nitrogen and oxygen atoms in total. The van der Waals surface area contributed by atoms with Crippen molar-refractivity contribution in [3.63, 3.8) is 0 Å². The SMILES string of the molecule is C#CCCNc1c([N+](=O)[O-])c(C)nn1C. The van der Waals surface area contributed by atoms with E-state index in [1.807, 2.05) is 0 Å². The molecule has 1 aromatic rings. The van der Waals surface area contributed by atoms with Crippen molar-refractivity contribution in [2.75, 3.05) is 11.9 Å². The second kappa shape index (κ2) is 4.46. The normalized spacial score (nSPS) is 9.67. The predicted octanol–water partition coefficient (Wildman–Crippen LogP) is 1.07. The Hall–Kier alpha value is -2.03. The molecule has 1 N–H and O–H groups in total. The number of anilines is 1. The summed E-state index contributed by atoms with van der Waals surface area (Å²) in [6.07, 6.45) is 5.60. The topological polar surface area (TPSA) is 73.0 Å². The molecule has 0 saturated carbocycles. The van der Waals surface area contributed by atoms with Crippen molar-refractivity contribution < 1.29 is 4.92 Å². The van der Waals surface area contributed by atoms with E-state index in [4.69, 9.17) is 6.42 Å². The molecule has 0 aliphatic heterocycles. The van der Waals surface area contributed by atoms with Crippen molar-refractivity contribution in [2.24, 2.45) is 7.05 Å². The fourth-order valence-electron chi connectivity index (χ4n) is 1.32. The Balaban J connectivity index is 2.95. The van der Waals surface area contributed by atoms with Gasteiger partial charge < -0.3 is 5.32 Å². The number of aryl methyl sites for hydroxylation is 2. The lowest BCUT2D eigenvalue weighted by Crippen LogP contribution is -2.07. The summed E-state index contributed by atoms with van der Waals surface area (Å²) in [5, 5.41) is 17.6. The summed E-state index contributed by atoms with van der Waals surface area (Å²) in [7, 11) is 1.65. The van der Waals surface area contributed by atoms with Crippen LogP contribution in [0.2, 0.25) is 0 Å². The summed E-state index contributed by atoms with van der Waals surface area (Å²) in [5.74, 6) is 2.85. The molecule has 1 heterocycles. The van der Waals surface area contributed by atoms with Crippen molar-refractivity contribution in [3.05, 3.63) is 15.8 Å². The Kier molecular flexibility index (Phi) is 3.29. The third-order valence-corrected chi connectivity index (χ3v) is 1.93. The first-order valence-electron chi connectivity index (χ1n) is 4.43. The first-order chi connectivity index (χ1) is 7.07. The fraction of sp³-hybridized carbons (Fsp3) is 0.444. The monoisotopic (exact) mass is 208 g/mol. The molecule has 0 amide bonds. The fourth-order valence-corrected chi connectivity index (χ4v) is 1.32. The highest BCUT2D eigenvalue weighted by Crippen LogP contribution is 2.26. The highest BCUT2D eigenvalue weighted by atomic mass is 16.6. The maximum absolute atomic E-state index is 10.8. The number of rotatable bonds is 4. The molecule has 6 heteroatoms. The molecule has 15 heavy (non-hydrogen) atoms. The standard InChI is InChI=1S/C9H12N4O2/c1-4-5-6-10-9-8(13(14)15)7(2)11-12(9)3/h1,10H,5-6H2,2-3H3. The van der Waals surface area contributed by atoms with Crippen LogP contribution in [0.15, 0.2) is 0 Å². The van der Waals surface area contributed by atoms with E-state index < -0.39 is 4.92 Å². The number of terminal acetylenes is 1. The van der Waals surface area contributed by atoms with Crippen LogP contribution in [0.1, 0.15) is 12.1 Å². The van der Waals surface area contributed by atoms with Crippen LogP contribution in [0.4, 0.5) is 11.5 Å². The molecular formula is C9H12N4O2. The molecule has 0 fully saturated rings. The van der Waals surface area contributed by atoms with Gasteiger partial charge in [-0.2, -0.15) is 5.10 Å². The summed E-state index contributed by atoms with van der Waals surface area (Å²) < 4.78 is 1.45. The van der Waals surface area contributed by atoms with E-state index in [2.05, 4.69) is 16.3 Å². The number of hydrogen-bond acceptors (Lipinski definition) is 4. The van der Waals surface area contributed by atoms with E-state index in [1.54, 1.807) is 14.0 Å². The lowest BCUT2D eigenvalue weighted by Gasteiger charge is -2.02. The Labute approximate surface area is 87.4 Å². The second-order valence-corrected chi connectivity index (χ2v) is 3.04. The molecule has 0 radical (unpaired) electrons. The van der Waals surface area contributed by atoms with Gasteiger partial charge in [-0.25, -0.2) is 4.68 Å². The summed E-state index contributed by atoms with van der Waals surface area (Å²) in [4.78, 5) is 10.3. The van der Waals surface area contributed by atoms with E-state index >= 15 is 0 Å². The van der Waals surface area contributed by atoms with E-state index in [0.29, 0.717) is 24.5 Å². The largest absolute Gasteiger partial charge is 0.364 e. The molecular weight excluding hydrogens is 196 g/mol. The first kappa shape index (κ1) is 11.0. The molecule has 0 atom stereocenters. The van der Waals surface area contributed by atoms with Gasteiger partial charge in [0.15, 0.2) is 0 Å². The zero-order chi connectivity index (χ0) is 11.4. The van der Waals surface area contributed by atoms with Crippen molar-refractivity contribution >= 4 is 11.5 Å². The summed E-state index contributed by atoms with van der Waals surface area (Å²) in [5.41, 5.74) is 0.403. The molecule has 0 saturated heterocycles. The molecule has 0 aliphatic rings. The van der Waals surface area contributed by atoms with Crippen molar-refractivity contribution in [2.45, 2.75) is 13.3 Å². The molecule has 0 bridgehead atoms. The van der Waals surface area contributed by atoms with Crippen LogP contribution in [0.25, 0.3) is 0 Å². The molecule has 0 aromatic carbocycles. The van der Waals surface area contributed by atoms with Crippen molar-refractivity contribution in [1.29, 1.82) is 0 Å². The average Bonchev–Trinajstić information content (AvgIpc) is 2.42. The number of aromatic nitrogens is 2. The molecule has 0 unspecified atom stereocenters. The van der Waals surface area contributed by atoms with Crippen molar-refractivity contribution in [3.8, 4) is 12.3 Å². The maximum Gasteiger partial charge on any atom is 0.333 e. The van der Waals surface area contributed by atoms with Gasteiger partial charge in [-0.05, 0) is 6.92 Å². The maximum atomic E-state index is 10.8. The predicted molar refractivity (Wildman–Crippen MR) is 56.5 cm³/mol. The molecule has 0 spiro atoms. The molecule has 1 rings (SSSR count). The third kappa shape index (κ3) is 2.26. The van der Waals surface area contributed by atoms with Gasteiger partial charge in [0.1, 0.15) is 5.69 Å². The van der Waals surface area contributed by atoms with Gasteiger partial charge in [0.25, 0.3) is 0 Å². The van der Waals surface area contributed by atoms with E-state index in [1.165, 1.54) is 4.68 Å². The molecule has 80 valence electrons. The van der Waals surface area contributed by atoms with Gasteiger partial charge in [0.2, 0.25) is 5.82 Å². The Morgan fingerprint density at radius 2 is 2.40 bits per heavy atom. The smallest absolute Gasteiger partial charge is 0.333 e. The van der Waals surface area contributed by atoms with Gasteiger partial charge in [0.05, 0.1) is 4.92 Å². The minimum absolute atomic E-state index is 0.00882. The van der Waals surface area contributed by atoms with Crippen LogP contribution >= 0.6 is 0 Å². The number of nitrogens with zero attached hydrogens (tertiary/aromatic N) is 3. The highest BCUT2D eigenvalue weighted by molar-refractivity contribution is 5.59. The van der Waals surface area contributed by atoms with E-state index in [0.717, 1.165) is 0 Å². The van der Waals surface area contributed by atoms with Crippen LogP contribution in [0, 0.1) is 29.4 Å². The van der Waals surface area contributed by atoms with Crippen LogP contribution in [-0.2, 0) is 7.05 Å². The summed E-state index contributed by atoms with van der Waals surface area (Å²) in [6, 6.07) is 0. The van der Waals surface area contributed by atoms with Gasteiger partial charge in [0, 0.05) is 20.0 Å². The van der Waals surface area contributed by atoms with Crippen LogP contribution in [0.5, 0.6) is 0 Å². The van der Waals surface area contributed by atoms with E-state index in [9.17, 15) is 10.1 Å². The molecule has 1 aromatic heterocycles. The number of nitro groups is 1. The zero-order valence-corrected chi connectivity index (χ0v) is 8.65. The van der Waals surface area contributed by atoms with Gasteiger partial charge >= 0.3 is 5.69 Å². The molecule has 0 aliphatic carbocycles. The lowest BCUT2D eigenvalue weighted by atomic mass is 10.3. The Morgan fingerprint density at radius 1 is 1.73 bits per heavy atom. The average molecular weight is 208 g/mol. The van der Waals surface area contributed by atoms with Crippen LogP contribution in [-0.4, -0.2) is 21.2 Å². The number of nitrogens with one attached hydrogen (secondary N) is 1. The minimum atomic E-state index is -0.444. The summed E-state index contributed by atoms with van der Waals surface area (Å²) >= 11 is 0. The highest BCUT2D eigenvalue weighted by Gasteiger charge is 2.23. The van der Waals surface area contributed by atoms with Crippen molar-refractivity contribution in [1.82, 2.24) is 9.78 Å². The van der Waals surface area contributed by atoms with Gasteiger partial charge in [-0.15, -0.1) is 12.3 Å². The summed E-state index contributed by atoms with van der Waals surface area (Å²) in [6.45, 7) is 2.10. The Morgan fingerprint density at radius 3 is 2.93 bits per heavy atom. The lowest BCUT2D eigenvalue weighted by molar-refractivity contribution is -0.384. The first-order valence-corrected chi connectivity index (χ1v) is 4.43. The van der Waals surface area contributed by atoms with Crippen LogP contribution in [0.3, 0.4) is 0 Å². The van der Waals surface area contributed by atoms with Gasteiger partial charge in [-0.1, -0.05) is 0 Å². The van der Waals surface area contributed by atoms with Crippen LogP contribution < -0.4 is 5.32 Å². The number of hydrogen-bond donors (Lipinski definition) is 1. The zero-order valence-electron chi connectivity index (χ0n) is 8.65. The Bertz CT molecular complexity index is 416. The minimum Gasteiger partial charge on any atom is -0.364 e. The van der Waals surface area contributed by atoms with E-state index in [-0.39, 0.29) is 5.69 Å².